The second-order valence-electron chi connectivity index (χ2n) is 0.763. The van der Waals surface area contributed by atoms with E-state index in [0.717, 1.165) is 0 Å². The van der Waals surface area contributed by atoms with E-state index in [0.29, 0.717) is 0 Å². The SMILES string of the molecule is NC(N)=N[N+](=O)[O-].[KH]. The Morgan fingerprint density at radius 2 is 2.00 bits per heavy atom. The molecule has 0 fully saturated rings. The Labute approximate surface area is 87.9 Å². The van der Waals surface area contributed by atoms with Gasteiger partial charge in [-0.25, -0.2) is 10.1 Å². The molecule has 0 aromatic heterocycles. The van der Waals surface area contributed by atoms with Crippen molar-refractivity contribution in [3.8, 4) is 0 Å². The van der Waals surface area contributed by atoms with Gasteiger partial charge in [0.15, 0.2) is 5.03 Å². The van der Waals surface area contributed by atoms with E-state index in [9.17, 15) is 10.1 Å². The minimum absolute atomic E-state index is 0. The predicted molar refractivity (Wildman–Crippen MR) is 30.0 cm³/mol. The van der Waals surface area contributed by atoms with Crippen molar-refractivity contribution in [3.05, 3.63) is 10.1 Å². The molecule has 4 N–H and O–H groups in total. The van der Waals surface area contributed by atoms with Crippen LogP contribution in [0.2, 0.25) is 0 Å². The fraction of sp³-hybridized carbons (Fsp3) is 0. The van der Waals surface area contributed by atoms with Crippen LogP contribution >= 0.6 is 0 Å². The van der Waals surface area contributed by atoms with E-state index in [1.54, 1.807) is 0 Å². The Hall–Kier alpha value is 0.306. The summed E-state index contributed by atoms with van der Waals surface area (Å²) < 4.78 is 0. The summed E-state index contributed by atoms with van der Waals surface area (Å²) in [6, 6.07) is 0. The third kappa shape index (κ3) is 9.58. The van der Waals surface area contributed by atoms with E-state index in [2.05, 4.69) is 16.6 Å². The molecule has 0 atom stereocenters. The van der Waals surface area contributed by atoms with Gasteiger partial charge in [0.1, 0.15) is 0 Å². The quantitative estimate of drug-likeness (QED) is 0.143. The van der Waals surface area contributed by atoms with Crippen molar-refractivity contribution >= 4 is 57.3 Å². The summed E-state index contributed by atoms with van der Waals surface area (Å²) in [5, 5.41) is 10.8. The molecule has 0 aliphatic carbocycles. The van der Waals surface area contributed by atoms with Crippen LogP contribution in [0.25, 0.3) is 0 Å². The zero-order chi connectivity index (χ0) is 5.86. The molecule has 6 nitrogen and oxygen atoms in total. The van der Waals surface area contributed by atoms with Crippen molar-refractivity contribution in [1.82, 2.24) is 0 Å². The third-order valence-corrected chi connectivity index (χ3v) is 0.197. The molecule has 0 aromatic carbocycles. The Kier molecular flexibility index (Phi) is 7.59. The minimum atomic E-state index is -0.963. The van der Waals surface area contributed by atoms with Crippen LogP contribution in [0, 0.1) is 10.1 Å². The second-order valence-corrected chi connectivity index (χ2v) is 0.763. The fourth-order valence-electron chi connectivity index (χ4n) is 0.0943. The summed E-state index contributed by atoms with van der Waals surface area (Å²) in [6.07, 6.45) is 0. The van der Waals surface area contributed by atoms with Gasteiger partial charge in [0.2, 0.25) is 0 Å². The maximum absolute atomic E-state index is 9.27. The van der Waals surface area contributed by atoms with E-state index in [-0.39, 0.29) is 51.4 Å². The van der Waals surface area contributed by atoms with Crippen molar-refractivity contribution in [2.75, 3.05) is 0 Å². The van der Waals surface area contributed by atoms with Crippen LogP contribution in [0.15, 0.2) is 5.10 Å². The average molecular weight is 144 g/mol. The van der Waals surface area contributed by atoms with Crippen molar-refractivity contribution in [1.29, 1.82) is 0 Å². The summed E-state index contributed by atoms with van der Waals surface area (Å²) in [7, 11) is 0. The van der Waals surface area contributed by atoms with Crippen LogP contribution in [0.1, 0.15) is 0 Å². The molecule has 0 aliphatic heterocycles. The van der Waals surface area contributed by atoms with Gasteiger partial charge >= 0.3 is 51.4 Å². The van der Waals surface area contributed by atoms with E-state index in [1.165, 1.54) is 0 Å². The number of guanidine groups is 1. The average Bonchev–Trinajstić information content (AvgIpc) is 1.27. The standard InChI is InChI=1S/CH4N4O2.K.H/c2-1(3)4-5(6)7;;/h(H4,2,3,4);;. The normalized spacial score (nSPS) is 6.50. The van der Waals surface area contributed by atoms with E-state index < -0.39 is 11.0 Å². The van der Waals surface area contributed by atoms with Gasteiger partial charge in [0.25, 0.3) is 5.96 Å². The number of hydrogen-bond donors (Lipinski definition) is 2. The van der Waals surface area contributed by atoms with Crippen LogP contribution in [0.3, 0.4) is 0 Å². The third-order valence-electron chi connectivity index (χ3n) is 0.197. The Morgan fingerprint density at radius 1 is 1.62 bits per heavy atom. The van der Waals surface area contributed by atoms with Crippen molar-refractivity contribution in [2.45, 2.75) is 0 Å². The maximum atomic E-state index is 9.27. The number of nitrogens with two attached hydrogens (primary N) is 2. The van der Waals surface area contributed by atoms with Gasteiger partial charge in [-0.05, 0) is 0 Å². The Bertz CT molecular complexity index is 107. The first-order valence-electron chi connectivity index (χ1n) is 1.37. The van der Waals surface area contributed by atoms with Gasteiger partial charge in [-0.15, -0.1) is 0 Å². The predicted octanol–water partition coefficient (Wildman–Crippen LogP) is -2.20. The van der Waals surface area contributed by atoms with Gasteiger partial charge in [0, 0.05) is 0 Å². The molecule has 0 radical (unpaired) electrons. The molecule has 0 aromatic rings. The molecule has 0 aliphatic rings. The van der Waals surface area contributed by atoms with Crippen LogP contribution in [0.5, 0.6) is 0 Å². The molecule has 8 heavy (non-hydrogen) atoms. The molecule has 0 saturated heterocycles. The molecule has 7 heteroatoms. The summed E-state index contributed by atoms with van der Waals surface area (Å²) in [6.45, 7) is 0. The van der Waals surface area contributed by atoms with Crippen LogP contribution in [0.4, 0.5) is 0 Å². The molecule has 42 valence electrons. The first-order chi connectivity index (χ1) is 3.13. The Balaban J connectivity index is 0. The molecule has 0 spiro atoms. The number of hydrazone groups is 1. The molecule has 0 rings (SSSR count). The van der Waals surface area contributed by atoms with Gasteiger partial charge in [-0.3, -0.25) is 0 Å². The number of nitrogens with zero attached hydrogens (tertiary/aromatic N) is 2. The fourth-order valence-corrected chi connectivity index (χ4v) is 0.0943. The van der Waals surface area contributed by atoms with Crippen LogP contribution < -0.4 is 11.5 Å². The summed E-state index contributed by atoms with van der Waals surface area (Å²) in [4.78, 5) is 9.27. The molecule has 0 unspecified atom stereocenters. The van der Waals surface area contributed by atoms with E-state index in [1.807, 2.05) is 0 Å². The summed E-state index contributed by atoms with van der Waals surface area (Å²) in [5.41, 5.74) is 9.16. The topological polar surface area (TPSA) is 108 Å². The van der Waals surface area contributed by atoms with Gasteiger partial charge in [0.05, 0.1) is 5.10 Å². The van der Waals surface area contributed by atoms with Crippen molar-refractivity contribution < 1.29 is 5.03 Å². The van der Waals surface area contributed by atoms with Crippen LogP contribution in [-0.2, 0) is 0 Å². The first-order valence-corrected chi connectivity index (χ1v) is 1.37. The summed E-state index contributed by atoms with van der Waals surface area (Å²) >= 11 is 0. The first kappa shape index (κ1) is 11.1. The number of nitro groups is 1. The van der Waals surface area contributed by atoms with Gasteiger partial charge in [-0.2, -0.15) is 0 Å². The van der Waals surface area contributed by atoms with Gasteiger partial charge in [-0.1, -0.05) is 0 Å². The molecular formula is CH5KN4O2. The number of hydrogen-bond acceptors (Lipinski definition) is 2. The van der Waals surface area contributed by atoms with Crippen molar-refractivity contribution in [2.24, 2.45) is 16.6 Å². The molecule has 0 saturated carbocycles. The number of rotatable bonds is 1. The van der Waals surface area contributed by atoms with Crippen molar-refractivity contribution in [3.63, 3.8) is 0 Å². The van der Waals surface area contributed by atoms with Gasteiger partial charge < -0.3 is 11.5 Å². The van der Waals surface area contributed by atoms with Crippen LogP contribution in [-0.4, -0.2) is 62.4 Å². The monoisotopic (exact) mass is 144 g/mol. The molecule has 0 bridgehead atoms. The second kappa shape index (κ2) is 5.44. The Morgan fingerprint density at radius 3 is 2.00 bits per heavy atom. The summed E-state index contributed by atoms with van der Waals surface area (Å²) in [5.74, 6) is -0.537. The molecule has 0 heterocycles. The zero-order valence-electron chi connectivity index (χ0n) is 3.37. The molecule has 0 amide bonds. The molecular weight excluding hydrogens is 139 g/mol. The van der Waals surface area contributed by atoms with E-state index in [4.69, 9.17) is 0 Å². The zero-order valence-corrected chi connectivity index (χ0v) is 3.37. The van der Waals surface area contributed by atoms with E-state index >= 15 is 0 Å².